The largest absolute Gasteiger partial charge is 0.481 e. The van der Waals surface area contributed by atoms with Crippen molar-refractivity contribution >= 4 is 22.7 Å². The predicted molar refractivity (Wildman–Crippen MR) is 95.2 cm³/mol. The molecule has 2 N–H and O–H groups in total. The zero-order chi connectivity index (χ0) is 17.8. The lowest BCUT2D eigenvalue weighted by atomic mass is 9.85. The Balaban J connectivity index is 1.77. The Bertz CT molecular complexity index is 765. The summed E-state index contributed by atoms with van der Waals surface area (Å²) < 4.78 is 4.98. The highest BCUT2D eigenvalue weighted by Gasteiger charge is 2.30. The molecule has 5 heteroatoms. The molecule has 0 heterocycles. The summed E-state index contributed by atoms with van der Waals surface area (Å²) in [6.45, 7) is 0. The average Bonchev–Trinajstić information content (AvgIpc) is 2.65. The van der Waals surface area contributed by atoms with E-state index in [2.05, 4.69) is 5.32 Å². The van der Waals surface area contributed by atoms with Crippen molar-refractivity contribution in [3.63, 3.8) is 0 Å². The van der Waals surface area contributed by atoms with Crippen LogP contribution in [0.2, 0.25) is 0 Å². The van der Waals surface area contributed by atoms with Crippen molar-refractivity contribution in [2.45, 2.75) is 37.8 Å². The monoisotopic (exact) mass is 341 g/mol. The van der Waals surface area contributed by atoms with Gasteiger partial charge in [-0.25, -0.2) is 4.79 Å². The van der Waals surface area contributed by atoms with E-state index < -0.39 is 12.0 Å². The van der Waals surface area contributed by atoms with Gasteiger partial charge in [-0.05, 0) is 48.1 Å². The molecule has 1 aliphatic carbocycles. The highest BCUT2D eigenvalue weighted by Crippen LogP contribution is 2.28. The number of methoxy groups -OCH3 is 1. The highest BCUT2D eigenvalue weighted by atomic mass is 16.5. The Morgan fingerprint density at radius 2 is 1.76 bits per heavy atom. The Morgan fingerprint density at radius 3 is 2.40 bits per heavy atom. The van der Waals surface area contributed by atoms with Crippen molar-refractivity contribution in [1.29, 1.82) is 0 Å². The molecular weight excluding hydrogens is 318 g/mol. The molecular formula is C20H23NO4. The molecule has 0 saturated heterocycles. The van der Waals surface area contributed by atoms with Crippen LogP contribution in [0.4, 0.5) is 0 Å². The van der Waals surface area contributed by atoms with Crippen LogP contribution in [0.3, 0.4) is 0 Å². The number of carboxylic acid groups (broad SMARTS) is 1. The fraction of sp³-hybridized carbons (Fsp3) is 0.400. The third kappa shape index (κ3) is 3.99. The van der Waals surface area contributed by atoms with Gasteiger partial charge in [0.15, 0.2) is 0 Å². The Labute approximate surface area is 147 Å². The van der Waals surface area contributed by atoms with Crippen LogP contribution in [0.5, 0.6) is 0 Å². The highest BCUT2D eigenvalue weighted by molar-refractivity contribution is 5.85. The van der Waals surface area contributed by atoms with E-state index >= 15 is 0 Å². The molecule has 0 aromatic heterocycles. The van der Waals surface area contributed by atoms with E-state index in [-0.39, 0.29) is 17.9 Å². The minimum Gasteiger partial charge on any atom is -0.481 e. The summed E-state index contributed by atoms with van der Waals surface area (Å²) in [5.41, 5.74) is 0.867. The Kier molecular flexibility index (Phi) is 5.34. The SMILES string of the molecule is COC(=O)C(NC1CCC(C(=O)O)CC1)c1ccc2ccccc2c1. The molecule has 0 spiro atoms. The summed E-state index contributed by atoms with van der Waals surface area (Å²) in [5, 5.41) is 14.7. The Morgan fingerprint density at radius 1 is 1.08 bits per heavy atom. The molecule has 25 heavy (non-hydrogen) atoms. The van der Waals surface area contributed by atoms with Crippen LogP contribution in [-0.4, -0.2) is 30.2 Å². The molecule has 2 aromatic carbocycles. The zero-order valence-electron chi connectivity index (χ0n) is 14.3. The average molecular weight is 341 g/mol. The van der Waals surface area contributed by atoms with E-state index in [1.54, 1.807) is 0 Å². The predicted octanol–water partition coefficient (Wildman–Crippen LogP) is 3.29. The van der Waals surface area contributed by atoms with E-state index in [0.29, 0.717) is 12.8 Å². The van der Waals surface area contributed by atoms with E-state index in [4.69, 9.17) is 9.84 Å². The van der Waals surface area contributed by atoms with Gasteiger partial charge in [-0.2, -0.15) is 0 Å². The third-order valence-electron chi connectivity index (χ3n) is 5.02. The molecule has 1 fully saturated rings. The number of nitrogens with one attached hydrogen (secondary N) is 1. The van der Waals surface area contributed by atoms with Crippen molar-refractivity contribution in [3.05, 3.63) is 48.0 Å². The maximum absolute atomic E-state index is 12.3. The van der Waals surface area contributed by atoms with Crippen molar-refractivity contribution < 1.29 is 19.4 Å². The van der Waals surface area contributed by atoms with Crippen molar-refractivity contribution in [1.82, 2.24) is 5.32 Å². The lowest BCUT2D eigenvalue weighted by molar-refractivity contribution is -0.145. The topological polar surface area (TPSA) is 75.6 Å². The van der Waals surface area contributed by atoms with E-state index in [9.17, 15) is 9.59 Å². The molecule has 1 aliphatic rings. The van der Waals surface area contributed by atoms with Gasteiger partial charge >= 0.3 is 11.9 Å². The summed E-state index contributed by atoms with van der Waals surface area (Å²) in [5.74, 6) is -1.32. The fourth-order valence-corrected chi connectivity index (χ4v) is 3.55. The number of esters is 1. The molecule has 1 atom stereocenters. The van der Waals surface area contributed by atoms with Gasteiger partial charge < -0.3 is 9.84 Å². The number of carbonyl (C=O) groups excluding carboxylic acids is 1. The van der Waals surface area contributed by atoms with Gasteiger partial charge in [0.05, 0.1) is 13.0 Å². The van der Waals surface area contributed by atoms with Gasteiger partial charge in [-0.3, -0.25) is 10.1 Å². The fourth-order valence-electron chi connectivity index (χ4n) is 3.55. The number of carboxylic acids is 1. The normalized spacial score (nSPS) is 21.6. The van der Waals surface area contributed by atoms with Crippen LogP contribution < -0.4 is 5.32 Å². The molecule has 3 rings (SSSR count). The Hall–Kier alpha value is -2.40. The number of carbonyl (C=O) groups is 2. The summed E-state index contributed by atoms with van der Waals surface area (Å²) in [4.78, 5) is 23.4. The van der Waals surface area contributed by atoms with Gasteiger partial charge in [0.25, 0.3) is 0 Å². The molecule has 0 radical (unpaired) electrons. The molecule has 2 aromatic rings. The molecule has 0 bridgehead atoms. The maximum atomic E-state index is 12.3. The summed E-state index contributed by atoms with van der Waals surface area (Å²) in [6, 6.07) is 13.5. The van der Waals surface area contributed by atoms with Gasteiger partial charge in [-0.1, -0.05) is 36.4 Å². The number of hydrogen-bond acceptors (Lipinski definition) is 4. The first kappa shape index (κ1) is 17.4. The zero-order valence-corrected chi connectivity index (χ0v) is 14.3. The second-order valence-electron chi connectivity index (χ2n) is 6.62. The van der Waals surface area contributed by atoms with Crippen LogP contribution >= 0.6 is 0 Å². The number of aliphatic carboxylic acids is 1. The van der Waals surface area contributed by atoms with Crippen LogP contribution in [0.15, 0.2) is 42.5 Å². The van der Waals surface area contributed by atoms with Gasteiger partial charge in [-0.15, -0.1) is 0 Å². The number of benzene rings is 2. The maximum Gasteiger partial charge on any atom is 0.327 e. The quantitative estimate of drug-likeness (QED) is 0.816. The van der Waals surface area contributed by atoms with Crippen molar-refractivity contribution in [2.24, 2.45) is 5.92 Å². The van der Waals surface area contributed by atoms with Crippen LogP contribution in [-0.2, 0) is 14.3 Å². The number of fused-ring (bicyclic) bond motifs is 1. The van der Waals surface area contributed by atoms with Crippen molar-refractivity contribution in [3.8, 4) is 0 Å². The second-order valence-corrected chi connectivity index (χ2v) is 6.62. The van der Waals surface area contributed by atoms with Crippen molar-refractivity contribution in [2.75, 3.05) is 7.11 Å². The van der Waals surface area contributed by atoms with E-state index in [1.807, 2.05) is 42.5 Å². The molecule has 5 nitrogen and oxygen atoms in total. The minimum absolute atomic E-state index is 0.117. The summed E-state index contributed by atoms with van der Waals surface area (Å²) in [7, 11) is 1.39. The summed E-state index contributed by atoms with van der Waals surface area (Å²) in [6.07, 6.45) is 2.77. The lowest BCUT2D eigenvalue weighted by Gasteiger charge is -2.30. The van der Waals surface area contributed by atoms with Crippen LogP contribution in [0.1, 0.15) is 37.3 Å². The molecule has 1 unspecified atom stereocenters. The first-order valence-electron chi connectivity index (χ1n) is 8.64. The first-order chi connectivity index (χ1) is 12.1. The number of rotatable bonds is 5. The lowest BCUT2D eigenvalue weighted by Crippen LogP contribution is -2.40. The molecule has 0 amide bonds. The third-order valence-corrected chi connectivity index (χ3v) is 5.02. The first-order valence-corrected chi connectivity index (χ1v) is 8.64. The van der Waals surface area contributed by atoms with Gasteiger partial charge in [0.1, 0.15) is 6.04 Å². The van der Waals surface area contributed by atoms with Gasteiger partial charge in [0.2, 0.25) is 0 Å². The molecule has 132 valence electrons. The van der Waals surface area contributed by atoms with Crippen LogP contribution in [0, 0.1) is 5.92 Å². The number of hydrogen-bond donors (Lipinski definition) is 2. The van der Waals surface area contributed by atoms with Crippen LogP contribution in [0.25, 0.3) is 10.8 Å². The number of ether oxygens (including phenoxy) is 1. The van der Waals surface area contributed by atoms with E-state index in [0.717, 1.165) is 29.2 Å². The molecule has 1 saturated carbocycles. The van der Waals surface area contributed by atoms with Gasteiger partial charge in [0, 0.05) is 6.04 Å². The molecule has 0 aliphatic heterocycles. The van der Waals surface area contributed by atoms with E-state index in [1.165, 1.54) is 7.11 Å². The smallest absolute Gasteiger partial charge is 0.327 e. The summed E-state index contributed by atoms with van der Waals surface area (Å²) >= 11 is 0. The second kappa shape index (κ2) is 7.66. The standard InChI is InChI=1S/C20H23NO4/c1-25-20(24)18(21-17-10-8-14(9-11-17)19(22)23)16-7-6-13-4-2-3-5-15(13)12-16/h2-7,12,14,17-18,21H,8-11H2,1H3,(H,22,23). The minimum atomic E-state index is -0.725.